The average Bonchev–Trinajstić information content (AvgIpc) is 3.45. The van der Waals surface area contributed by atoms with Gasteiger partial charge in [-0.05, 0) is 44.5 Å². The first-order valence-electron chi connectivity index (χ1n) is 10.7. The van der Waals surface area contributed by atoms with Crippen LogP contribution in [0.2, 0.25) is 0 Å². The van der Waals surface area contributed by atoms with Gasteiger partial charge in [-0.1, -0.05) is 11.6 Å². The molecule has 4 aromatic rings. The van der Waals surface area contributed by atoms with Gasteiger partial charge in [-0.15, -0.1) is 0 Å². The molecule has 0 saturated carbocycles. The molecule has 1 atom stereocenters. The molecule has 0 fully saturated rings. The number of fused-ring (bicyclic) bond motifs is 1. The lowest BCUT2D eigenvalue weighted by Crippen LogP contribution is -2.39. The highest BCUT2D eigenvalue weighted by atomic mass is 19.2. The Hall–Kier alpha value is -3.95. The first kappa shape index (κ1) is 21.9. The van der Waals surface area contributed by atoms with E-state index in [0.29, 0.717) is 35.6 Å². The lowest BCUT2D eigenvalue weighted by atomic mass is 9.94. The second-order valence-electron chi connectivity index (χ2n) is 8.35. The maximum atomic E-state index is 13.9. The molecule has 0 radical (unpaired) electrons. The monoisotopic (exact) mass is 466 g/mol. The summed E-state index contributed by atoms with van der Waals surface area (Å²) in [5.74, 6) is -4.22. The van der Waals surface area contributed by atoms with E-state index in [9.17, 15) is 18.0 Å². The molecule has 0 aliphatic carbocycles. The average molecular weight is 466 g/mol. The minimum atomic E-state index is -1.51. The number of aryl methyl sites for hydroxylation is 2. The molecule has 0 spiro atoms. The highest BCUT2D eigenvalue weighted by molar-refractivity contribution is 5.98. The minimum Gasteiger partial charge on any atom is -0.330 e. The van der Waals surface area contributed by atoms with Gasteiger partial charge in [0.2, 0.25) is 0 Å². The van der Waals surface area contributed by atoms with Gasteiger partial charge in [0.1, 0.15) is 0 Å². The normalized spacial score (nSPS) is 15.5. The number of nitrogens with zero attached hydrogens (tertiary/aromatic N) is 6. The molecule has 1 unspecified atom stereocenters. The van der Waals surface area contributed by atoms with Crippen molar-refractivity contribution in [2.45, 2.75) is 26.3 Å². The van der Waals surface area contributed by atoms with Gasteiger partial charge in [0.05, 0.1) is 41.1 Å². The summed E-state index contributed by atoms with van der Waals surface area (Å²) in [5, 5.41) is 12.9. The van der Waals surface area contributed by atoms with E-state index in [4.69, 9.17) is 0 Å². The van der Waals surface area contributed by atoms with Crippen molar-refractivity contribution in [1.29, 1.82) is 0 Å². The zero-order chi connectivity index (χ0) is 24.1. The van der Waals surface area contributed by atoms with Gasteiger partial charge in [-0.3, -0.25) is 9.48 Å². The second kappa shape index (κ2) is 8.12. The van der Waals surface area contributed by atoms with Crippen LogP contribution in [0.5, 0.6) is 0 Å². The van der Waals surface area contributed by atoms with Crippen molar-refractivity contribution in [2.24, 2.45) is 7.05 Å². The number of aromatic nitrogens is 5. The van der Waals surface area contributed by atoms with E-state index in [1.165, 1.54) is 9.48 Å². The molecule has 0 bridgehead atoms. The predicted molar refractivity (Wildman–Crippen MR) is 118 cm³/mol. The molecule has 2 aromatic heterocycles. The van der Waals surface area contributed by atoms with Gasteiger partial charge in [-0.2, -0.15) is 20.1 Å². The van der Waals surface area contributed by atoms with Crippen LogP contribution in [0.3, 0.4) is 0 Å². The van der Waals surface area contributed by atoms with Crippen LogP contribution in [0, 0.1) is 24.4 Å². The molecule has 1 aliphatic rings. The van der Waals surface area contributed by atoms with E-state index >= 15 is 0 Å². The SMILES string of the molecule is Cc1ccc(-n2nccn2)c(C(=O)N2CCc3c(nn(C)c3-c3cc(F)c(F)c(F)c3)C2C)c1. The van der Waals surface area contributed by atoms with E-state index in [-0.39, 0.29) is 11.5 Å². The van der Waals surface area contributed by atoms with E-state index in [1.807, 2.05) is 19.9 Å². The van der Waals surface area contributed by atoms with Crippen LogP contribution in [0.15, 0.2) is 42.7 Å². The molecular weight excluding hydrogens is 445 g/mol. The van der Waals surface area contributed by atoms with E-state index in [2.05, 4.69) is 15.3 Å². The van der Waals surface area contributed by atoms with Gasteiger partial charge < -0.3 is 4.90 Å². The van der Waals surface area contributed by atoms with Crippen molar-refractivity contribution in [2.75, 3.05) is 6.54 Å². The second-order valence-corrected chi connectivity index (χ2v) is 8.35. The third-order valence-corrected chi connectivity index (χ3v) is 6.18. The standard InChI is InChI=1S/C24H21F3N6O/c1-13-4-5-20(33-28-7-8-29-33)17(10-13)24(34)32-9-6-16-22(14(32)2)30-31(3)23(16)15-11-18(25)21(27)19(26)12-15/h4-5,7-8,10-12,14H,6,9H2,1-3H3. The van der Waals surface area contributed by atoms with E-state index in [0.717, 1.165) is 23.3 Å². The van der Waals surface area contributed by atoms with Crippen molar-refractivity contribution in [3.8, 4) is 16.9 Å². The maximum Gasteiger partial charge on any atom is 0.256 e. The first-order valence-corrected chi connectivity index (χ1v) is 10.7. The number of benzene rings is 2. The summed E-state index contributed by atoms with van der Waals surface area (Å²) in [6.45, 7) is 4.14. The third kappa shape index (κ3) is 3.46. The topological polar surface area (TPSA) is 68.8 Å². The van der Waals surface area contributed by atoms with Gasteiger partial charge in [0.15, 0.2) is 17.5 Å². The largest absolute Gasteiger partial charge is 0.330 e. The van der Waals surface area contributed by atoms with E-state index < -0.39 is 23.5 Å². The summed E-state index contributed by atoms with van der Waals surface area (Å²) >= 11 is 0. The van der Waals surface area contributed by atoms with Crippen molar-refractivity contribution in [3.63, 3.8) is 0 Å². The van der Waals surface area contributed by atoms with E-state index in [1.54, 1.807) is 36.5 Å². The van der Waals surface area contributed by atoms with Crippen molar-refractivity contribution in [1.82, 2.24) is 29.7 Å². The Morgan fingerprint density at radius 2 is 1.74 bits per heavy atom. The number of rotatable bonds is 3. The molecule has 0 saturated heterocycles. The highest BCUT2D eigenvalue weighted by Gasteiger charge is 2.34. The van der Waals surface area contributed by atoms with Gasteiger partial charge in [-0.25, -0.2) is 13.2 Å². The lowest BCUT2D eigenvalue weighted by Gasteiger charge is -2.33. The summed E-state index contributed by atoms with van der Waals surface area (Å²) in [7, 11) is 1.66. The van der Waals surface area contributed by atoms with Gasteiger partial charge in [0.25, 0.3) is 5.91 Å². The summed E-state index contributed by atoms with van der Waals surface area (Å²) in [4.78, 5) is 16.8. The third-order valence-electron chi connectivity index (χ3n) is 6.18. The van der Waals surface area contributed by atoms with Crippen molar-refractivity contribution in [3.05, 3.63) is 82.6 Å². The van der Waals surface area contributed by atoms with Gasteiger partial charge >= 0.3 is 0 Å². The van der Waals surface area contributed by atoms with Crippen molar-refractivity contribution >= 4 is 5.91 Å². The van der Waals surface area contributed by atoms with Crippen LogP contribution in [-0.2, 0) is 13.5 Å². The summed E-state index contributed by atoms with van der Waals surface area (Å²) in [6, 6.07) is 7.03. The molecule has 10 heteroatoms. The van der Waals surface area contributed by atoms with Crippen LogP contribution >= 0.6 is 0 Å². The molecule has 2 aromatic carbocycles. The number of carbonyl (C=O) groups is 1. The zero-order valence-electron chi connectivity index (χ0n) is 18.8. The molecule has 1 amide bonds. The lowest BCUT2D eigenvalue weighted by molar-refractivity contribution is 0.0673. The molecule has 174 valence electrons. The summed E-state index contributed by atoms with van der Waals surface area (Å²) in [5.41, 5.74) is 4.07. The van der Waals surface area contributed by atoms with Crippen LogP contribution in [0.25, 0.3) is 16.9 Å². The number of hydrogen-bond donors (Lipinski definition) is 0. The van der Waals surface area contributed by atoms with Crippen LogP contribution in [0.4, 0.5) is 13.2 Å². The zero-order valence-corrected chi connectivity index (χ0v) is 18.8. The highest BCUT2D eigenvalue weighted by Crippen LogP contribution is 2.37. The Balaban J connectivity index is 1.53. The number of halogens is 3. The summed E-state index contributed by atoms with van der Waals surface area (Å²) in [6.07, 6.45) is 3.51. The van der Waals surface area contributed by atoms with Crippen LogP contribution in [0.1, 0.15) is 40.1 Å². The minimum absolute atomic E-state index is 0.194. The fourth-order valence-electron chi connectivity index (χ4n) is 4.57. The number of amides is 1. The summed E-state index contributed by atoms with van der Waals surface area (Å²) < 4.78 is 42.8. The predicted octanol–water partition coefficient (Wildman–Crippen LogP) is 4.15. The van der Waals surface area contributed by atoms with Crippen LogP contribution in [-0.4, -0.2) is 42.1 Å². The molecular formula is C24H21F3N6O. The van der Waals surface area contributed by atoms with Crippen molar-refractivity contribution < 1.29 is 18.0 Å². The quantitative estimate of drug-likeness (QED) is 0.426. The molecule has 0 N–H and O–H groups in total. The Labute approximate surface area is 193 Å². The Morgan fingerprint density at radius 1 is 1.06 bits per heavy atom. The smallest absolute Gasteiger partial charge is 0.256 e. The number of hydrogen-bond acceptors (Lipinski definition) is 4. The Bertz CT molecular complexity index is 1390. The molecule has 34 heavy (non-hydrogen) atoms. The Morgan fingerprint density at radius 3 is 2.41 bits per heavy atom. The maximum absolute atomic E-state index is 13.9. The molecule has 7 nitrogen and oxygen atoms in total. The molecule has 5 rings (SSSR count). The molecule has 3 heterocycles. The van der Waals surface area contributed by atoms with Crippen LogP contribution < -0.4 is 0 Å². The number of carbonyl (C=O) groups excluding carboxylic acids is 1. The van der Waals surface area contributed by atoms with Gasteiger partial charge in [0, 0.05) is 24.7 Å². The molecule has 1 aliphatic heterocycles. The Kier molecular flexibility index (Phi) is 5.22. The fraction of sp³-hybridized carbons (Fsp3) is 0.250. The fourth-order valence-corrected chi connectivity index (χ4v) is 4.57. The first-order chi connectivity index (χ1) is 16.3.